The summed E-state index contributed by atoms with van der Waals surface area (Å²) in [5.41, 5.74) is -0.115. The highest BCUT2D eigenvalue weighted by Crippen LogP contribution is 2.42. The van der Waals surface area contributed by atoms with E-state index >= 15 is 0 Å². The summed E-state index contributed by atoms with van der Waals surface area (Å²) in [6.45, 7) is 2.91. The van der Waals surface area contributed by atoms with Crippen LogP contribution < -0.4 is 0 Å². The Morgan fingerprint density at radius 2 is 2.12 bits per heavy atom. The van der Waals surface area contributed by atoms with Gasteiger partial charge in [-0.3, -0.25) is 0 Å². The molecule has 2 fully saturated rings. The number of carbonyl (C=O) groups is 1. The molecule has 24 heavy (non-hydrogen) atoms. The number of amides is 1. The van der Waals surface area contributed by atoms with Crippen LogP contribution in [-0.4, -0.2) is 40.9 Å². The number of rotatable bonds is 1. The topological polar surface area (TPSA) is 49.8 Å². The molecule has 1 saturated carbocycles. The molecule has 4 nitrogen and oxygen atoms in total. The maximum Gasteiger partial charge on any atom is 0.410 e. The molecular formula is C20H25NO3. The normalized spacial score (nSPS) is 29.2. The van der Waals surface area contributed by atoms with Gasteiger partial charge in [0.05, 0.1) is 6.61 Å². The Morgan fingerprint density at radius 3 is 2.88 bits per heavy atom. The fourth-order valence-electron chi connectivity index (χ4n) is 4.03. The number of fused-ring (bicyclic) bond motifs is 1. The summed E-state index contributed by atoms with van der Waals surface area (Å²) in [7, 11) is 0. The third kappa shape index (κ3) is 3.42. The van der Waals surface area contributed by atoms with E-state index in [2.05, 4.69) is 11.8 Å². The number of likely N-dealkylation sites (tertiary alicyclic amines) is 1. The SMILES string of the molecule is CCOC(=O)N1CCCC2C1CCCC2(O)C#Cc1ccccc1. The average molecular weight is 327 g/mol. The first-order valence-corrected chi connectivity index (χ1v) is 8.88. The molecule has 1 N–H and O–H groups in total. The van der Waals surface area contributed by atoms with Crippen molar-refractivity contribution < 1.29 is 14.6 Å². The largest absolute Gasteiger partial charge is 0.450 e. The molecule has 0 bridgehead atoms. The third-order valence-electron chi connectivity index (χ3n) is 5.15. The van der Waals surface area contributed by atoms with E-state index in [9.17, 15) is 9.90 Å². The Morgan fingerprint density at radius 1 is 1.33 bits per heavy atom. The number of benzene rings is 1. The van der Waals surface area contributed by atoms with Crippen molar-refractivity contribution in [3.05, 3.63) is 35.9 Å². The molecule has 3 atom stereocenters. The summed E-state index contributed by atoms with van der Waals surface area (Å²) in [6.07, 6.45) is 3.99. The summed E-state index contributed by atoms with van der Waals surface area (Å²) in [5, 5.41) is 11.2. The lowest BCUT2D eigenvalue weighted by Crippen LogP contribution is -2.58. The predicted molar refractivity (Wildman–Crippen MR) is 92.4 cm³/mol. The molecule has 3 rings (SSSR count). The van der Waals surface area contributed by atoms with Crippen LogP contribution in [0.4, 0.5) is 4.79 Å². The van der Waals surface area contributed by atoms with Crippen molar-refractivity contribution in [2.75, 3.05) is 13.2 Å². The monoisotopic (exact) mass is 327 g/mol. The van der Waals surface area contributed by atoms with Crippen molar-refractivity contribution in [1.29, 1.82) is 0 Å². The van der Waals surface area contributed by atoms with E-state index in [0.29, 0.717) is 19.6 Å². The molecule has 1 aliphatic heterocycles. The second-order valence-corrected chi connectivity index (χ2v) is 6.64. The fraction of sp³-hybridized carbons (Fsp3) is 0.550. The molecule has 1 aromatic rings. The van der Waals surface area contributed by atoms with Gasteiger partial charge in [0.1, 0.15) is 5.60 Å². The van der Waals surface area contributed by atoms with Gasteiger partial charge in [-0.15, -0.1) is 0 Å². The van der Waals surface area contributed by atoms with E-state index in [0.717, 1.165) is 31.2 Å². The zero-order chi connectivity index (χ0) is 17.0. The summed E-state index contributed by atoms with van der Waals surface area (Å²) >= 11 is 0. The minimum Gasteiger partial charge on any atom is -0.450 e. The van der Waals surface area contributed by atoms with Gasteiger partial charge in [-0.1, -0.05) is 30.0 Å². The van der Waals surface area contributed by atoms with E-state index in [4.69, 9.17) is 4.74 Å². The van der Waals surface area contributed by atoms with Crippen molar-refractivity contribution in [3.8, 4) is 11.8 Å². The molecule has 0 spiro atoms. The number of hydrogen-bond acceptors (Lipinski definition) is 3. The second-order valence-electron chi connectivity index (χ2n) is 6.64. The van der Waals surface area contributed by atoms with E-state index in [-0.39, 0.29) is 18.1 Å². The van der Waals surface area contributed by atoms with Crippen molar-refractivity contribution in [3.63, 3.8) is 0 Å². The quantitative estimate of drug-likeness (QED) is 0.806. The first-order chi connectivity index (χ1) is 11.6. The van der Waals surface area contributed by atoms with Gasteiger partial charge in [0.15, 0.2) is 0 Å². The smallest absolute Gasteiger partial charge is 0.410 e. The molecule has 0 radical (unpaired) electrons. The first-order valence-electron chi connectivity index (χ1n) is 8.88. The lowest BCUT2D eigenvalue weighted by atomic mass is 9.68. The lowest BCUT2D eigenvalue weighted by Gasteiger charge is -2.49. The van der Waals surface area contributed by atoms with Crippen LogP contribution in [0.2, 0.25) is 0 Å². The molecule has 2 aliphatic rings. The highest BCUT2D eigenvalue weighted by Gasteiger charge is 2.48. The Hall–Kier alpha value is -1.99. The molecule has 128 valence electrons. The molecule has 1 heterocycles. The molecule has 4 heteroatoms. The summed E-state index contributed by atoms with van der Waals surface area (Å²) in [4.78, 5) is 14.0. The number of ether oxygens (including phenoxy) is 1. The summed E-state index contributed by atoms with van der Waals surface area (Å²) < 4.78 is 5.20. The van der Waals surface area contributed by atoms with Crippen LogP contribution in [0.5, 0.6) is 0 Å². The highest BCUT2D eigenvalue weighted by atomic mass is 16.6. The molecule has 1 amide bonds. The van der Waals surface area contributed by atoms with Crippen LogP contribution in [0, 0.1) is 17.8 Å². The van der Waals surface area contributed by atoms with E-state index < -0.39 is 5.60 Å². The second kappa shape index (κ2) is 7.27. The highest BCUT2D eigenvalue weighted by molar-refractivity contribution is 5.68. The lowest BCUT2D eigenvalue weighted by molar-refractivity contribution is -0.0639. The maximum atomic E-state index is 12.2. The number of nitrogens with zero attached hydrogens (tertiary/aromatic N) is 1. The Kier molecular flexibility index (Phi) is 5.11. The summed E-state index contributed by atoms with van der Waals surface area (Å²) in [5.74, 6) is 6.25. The van der Waals surface area contributed by atoms with Crippen molar-refractivity contribution in [2.24, 2.45) is 5.92 Å². The third-order valence-corrected chi connectivity index (χ3v) is 5.15. The number of piperidine rings is 1. The number of aliphatic hydroxyl groups is 1. The van der Waals surface area contributed by atoms with Gasteiger partial charge < -0.3 is 14.7 Å². The van der Waals surface area contributed by atoms with Crippen molar-refractivity contribution >= 4 is 6.09 Å². The maximum absolute atomic E-state index is 12.2. The van der Waals surface area contributed by atoms with Gasteiger partial charge in [0.2, 0.25) is 0 Å². The molecule has 1 saturated heterocycles. The molecule has 3 unspecified atom stereocenters. The van der Waals surface area contributed by atoms with Gasteiger partial charge in [-0.05, 0) is 51.2 Å². The van der Waals surface area contributed by atoms with Gasteiger partial charge in [-0.25, -0.2) is 4.79 Å². The number of hydrogen-bond donors (Lipinski definition) is 1. The van der Waals surface area contributed by atoms with Gasteiger partial charge in [0, 0.05) is 24.1 Å². The van der Waals surface area contributed by atoms with Crippen LogP contribution >= 0.6 is 0 Å². The first kappa shape index (κ1) is 16.9. The van der Waals surface area contributed by atoms with Crippen LogP contribution in [-0.2, 0) is 4.74 Å². The fourth-order valence-corrected chi connectivity index (χ4v) is 4.03. The minimum absolute atomic E-state index is 0.000573. The number of carbonyl (C=O) groups excluding carboxylic acids is 1. The van der Waals surface area contributed by atoms with E-state index in [1.807, 2.05) is 42.2 Å². The Labute approximate surface area is 143 Å². The summed E-state index contributed by atoms with van der Waals surface area (Å²) in [6, 6.07) is 9.77. The van der Waals surface area contributed by atoms with Gasteiger partial charge in [0.25, 0.3) is 0 Å². The molecule has 1 aliphatic carbocycles. The molecule has 1 aromatic carbocycles. The zero-order valence-electron chi connectivity index (χ0n) is 14.2. The van der Waals surface area contributed by atoms with Gasteiger partial charge in [-0.2, -0.15) is 0 Å². The average Bonchev–Trinajstić information content (AvgIpc) is 2.61. The Bertz CT molecular complexity index is 633. The van der Waals surface area contributed by atoms with E-state index in [1.165, 1.54) is 0 Å². The van der Waals surface area contributed by atoms with Gasteiger partial charge >= 0.3 is 6.09 Å². The predicted octanol–water partition coefficient (Wildman–Crippen LogP) is 3.19. The standard InChI is InChI=1S/C20H25NO3/c1-2-24-19(22)21-15-7-10-17-18(21)11-6-13-20(17,23)14-12-16-8-4-3-5-9-16/h3-5,8-9,17-18,23H,2,6-7,10-11,13,15H2,1H3. The van der Waals surface area contributed by atoms with Crippen LogP contribution in [0.1, 0.15) is 44.6 Å². The minimum atomic E-state index is -1.02. The molecular weight excluding hydrogens is 302 g/mol. The van der Waals surface area contributed by atoms with Crippen molar-refractivity contribution in [2.45, 2.75) is 50.7 Å². The van der Waals surface area contributed by atoms with Crippen molar-refractivity contribution in [1.82, 2.24) is 4.90 Å². The molecule has 0 aromatic heterocycles. The van der Waals surface area contributed by atoms with Crippen LogP contribution in [0.15, 0.2) is 30.3 Å². The Balaban J connectivity index is 1.82. The van der Waals surface area contributed by atoms with Crippen LogP contribution in [0.25, 0.3) is 0 Å². The van der Waals surface area contributed by atoms with Crippen LogP contribution in [0.3, 0.4) is 0 Å². The van der Waals surface area contributed by atoms with E-state index in [1.54, 1.807) is 0 Å². The zero-order valence-corrected chi connectivity index (χ0v) is 14.2.